The molecule has 2 aromatic heterocycles. The highest BCUT2D eigenvalue weighted by Crippen LogP contribution is 2.09. The van der Waals surface area contributed by atoms with E-state index in [0.29, 0.717) is 11.3 Å². The Morgan fingerprint density at radius 2 is 2.15 bits per heavy atom. The van der Waals surface area contributed by atoms with Gasteiger partial charge in [-0.15, -0.1) is 0 Å². The van der Waals surface area contributed by atoms with E-state index in [4.69, 9.17) is 0 Å². The van der Waals surface area contributed by atoms with E-state index in [1.54, 1.807) is 18.5 Å². The van der Waals surface area contributed by atoms with E-state index >= 15 is 0 Å². The zero-order valence-corrected chi connectivity index (χ0v) is 11.2. The SMILES string of the molecule is COC(=O)Cn1cc(NC(=O)c2cncc(C)c2)cn1. The van der Waals surface area contributed by atoms with Crippen molar-refractivity contribution in [2.75, 3.05) is 12.4 Å². The summed E-state index contributed by atoms with van der Waals surface area (Å²) < 4.78 is 5.92. The van der Waals surface area contributed by atoms with Gasteiger partial charge in [0.15, 0.2) is 0 Å². The predicted octanol–water partition coefficient (Wildman–Crippen LogP) is 1.01. The number of nitrogens with zero attached hydrogens (tertiary/aromatic N) is 3. The number of hydrogen-bond acceptors (Lipinski definition) is 5. The molecule has 0 radical (unpaired) electrons. The Morgan fingerprint density at radius 3 is 2.85 bits per heavy atom. The van der Waals surface area contributed by atoms with Gasteiger partial charge in [0, 0.05) is 18.6 Å². The predicted molar refractivity (Wildman–Crippen MR) is 71.2 cm³/mol. The molecule has 0 atom stereocenters. The molecule has 104 valence electrons. The van der Waals surface area contributed by atoms with E-state index in [-0.39, 0.29) is 12.5 Å². The summed E-state index contributed by atoms with van der Waals surface area (Å²) in [4.78, 5) is 27.0. The number of amides is 1. The molecule has 0 aliphatic heterocycles. The van der Waals surface area contributed by atoms with Crippen LogP contribution in [0.4, 0.5) is 5.69 Å². The van der Waals surface area contributed by atoms with Crippen molar-refractivity contribution < 1.29 is 14.3 Å². The van der Waals surface area contributed by atoms with Crippen LogP contribution in [0.25, 0.3) is 0 Å². The number of aryl methyl sites for hydroxylation is 1. The number of esters is 1. The van der Waals surface area contributed by atoms with Crippen LogP contribution >= 0.6 is 0 Å². The van der Waals surface area contributed by atoms with E-state index in [0.717, 1.165) is 5.56 Å². The van der Waals surface area contributed by atoms with Gasteiger partial charge in [-0.1, -0.05) is 0 Å². The van der Waals surface area contributed by atoms with Gasteiger partial charge in [0.25, 0.3) is 5.91 Å². The van der Waals surface area contributed by atoms with Crippen molar-refractivity contribution >= 4 is 17.6 Å². The molecule has 0 saturated carbocycles. The van der Waals surface area contributed by atoms with Gasteiger partial charge < -0.3 is 10.1 Å². The molecule has 1 N–H and O–H groups in total. The quantitative estimate of drug-likeness (QED) is 0.841. The van der Waals surface area contributed by atoms with Crippen LogP contribution in [0.1, 0.15) is 15.9 Å². The van der Waals surface area contributed by atoms with Crippen LogP contribution in [0, 0.1) is 6.92 Å². The highest BCUT2D eigenvalue weighted by Gasteiger charge is 2.09. The zero-order chi connectivity index (χ0) is 14.5. The molecule has 0 fully saturated rings. The molecule has 20 heavy (non-hydrogen) atoms. The normalized spacial score (nSPS) is 10.1. The summed E-state index contributed by atoms with van der Waals surface area (Å²) in [5, 5.41) is 6.64. The number of anilines is 1. The number of carbonyl (C=O) groups is 2. The maximum atomic E-state index is 12.0. The van der Waals surface area contributed by atoms with Crippen molar-refractivity contribution in [3.63, 3.8) is 0 Å². The van der Waals surface area contributed by atoms with E-state index in [9.17, 15) is 9.59 Å². The Hall–Kier alpha value is -2.70. The number of methoxy groups -OCH3 is 1. The Kier molecular flexibility index (Phi) is 4.09. The molecular formula is C13H14N4O3. The second-order valence-corrected chi connectivity index (χ2v) is 4.21. The van der Waals surface area contributed by atoms with Gasteiger partial charge in [0.05, 0.1) is 24.6 Å². The second-order valence-electron chi connectivity index (χ2n) is 4.21. The molecule has 1 amide bonds. The van der Waals surface area contributed by atoms with Crippen molar-refractivity contribution in [1.29, 1.82) is 0 Å². The lowest BCUT2D eigenvalue weighted by atomic mass is 10.2. The van der Waals surface area contributed by atoms with Crippen LogP contribution in [0.15, 0.2) is 30.9 Å². The molecule has 0 aromatic carbocycles. The van der Waals surface area contributed by atoms with Gasteiger partial charge in [-0.25, -0.2) is 0 Å². The average Bonchev–Trinajstić information content (AvgIpc) is 2.85. The van der Waals surface area contributed by atoms with Gasteiger partial charge in [0.1, 0.15) is 6.54 Å². The summed E-state index contributed by atoms with van der Waals surface area (Å²) in [5.41, 5.74) is 1.87. The highest BCUT2D eigenvalue weighted by atomic mass is 16.5. The van der Waals surface area contributed by atoms with Crippen LogP contribution < -0.4 is 5.32 Å². The van der Waals surface area contributed by atoms with Gasteiger partial charge in [-0.2, -0.15) is 5.10 Å². The first-order valence-electron chi connectivity index (χ1n) is 5.91. The second kappa shape index (κ2) is 5.96. The Bertz CT molecular complexity index is 636. The summed E-state index contributed by atoms with van der Waals surface area (Å²) >= 11 is 0. The van der Waals surface area contributed by atoms with Gasteiger partial charge in [-0.05, 0) is 18.6 Å². The van der Waals surface area contributed by atoms with E-state index in [2.05, 4.69) is 20.1 Å². The molecule has 7 nitrogen and oxygen atoms in total. The average molecular weight is 274 g/mol. The lowest BCUT2D eigenvalue weighted by Crippen LogP contribution is -2.13. The largest absolute Gasteiger partial charge is 0.468 e. The number of hydrogen-bond donors (Lipinski definition) is 1. The third-order valence-electron chi connectivity index (χ3n) is 2.55. The number of nitrogens with one attached hydrogen (secondary N) is 1. The minimum absolute atomic E-state index is 0.00162. The molecule has 0 aliphatic rings. The minimum atomic E-state index is -0.408. The molecule has 2 aromatic rings. The third-order valence-corrected chi connectivity index (χ3v) is 2.55. The van der Waals surface area contributed by atoms with Crippen molar-refractivity contribution in [3.05, 3.63) is 42.0 Å². The van der Waals surface area contributed by atoms with Crippen molar-refractivity contribution in [2.45, 2.75) is 13.5 Å². The molecule has 0 bridgehead atoms. The third kappa shape index (κ3) is 3.41. The van der Waals surface area contributed by atoms with E-state index in [1.165, 1.54) is 24.2 Å². The number of carbonyl (C=O) groups excluding carboxylic acids is 2. The lowest BCUT2D eigenvalue weighted by molar-refractivity contribution is -0.141. The van der Waals surface area contributed by atoms with Crippen LogP contribution in [0.5, 0.6) is 0 Å². The van der Waals surface area contributed by atoms with E-state index in [1.807, 2.05) is 6.92 Å². The summed E-state index contributed by atoms with van der Waals surface area (Å²) in [6.07, 6.45) is 6.18. The Morgan fingerprint density at radius 1 is 1.35 bits per heavy atom. The van der Waals surface area contributed by atoms with Crippen molar-refractivity contribution in [2.24, 2.45) is 0 Å². The van der Waals surface area contributed by atoms with Crippen LogP contribution in [0.3, 0.4) is 0 Å². The Balaban J connectivity index is 2.03. The van der Waals surface area contributed by atoms with Crippen LogP contribution in [-0.4, -0.2) is 33.8 Å². The maximum absolute atomic E-state index is 12.0. The molecular weight excluding hydrogens is 260 g/mol. The molecule has 0 saturated heterocycles. The first-order chi connectivity index (χ1) is 9.58. The zero-order valence-electron chi connectivity index (χ0n) is 11.2. The summed E-state index contributed by atoms with van der Waals surface area (Å²) in [5.74, 6) is -0.687. The molecule has 0 spiro atoms. The smallest absolute Gasteiger partial charge is 0.327 e. The number of aromatic nitrogens is 3. The van der Waals surface area contributed by atoms with E-state index < -0.39 is 5.97 Å². The highest BCUT2D eigenvalue weighted by molar-refractivity contribution is 6.04. The fourth-order valence-electron chi connectivity index (χ4n) is 1.59. The van der Waals surface area contributed by atoms with Gasteiger partial charge >= 0.3 is 5.97 Å². The van der Waals surface area contributed by atoms with Crippen molar-refractivity contribution in [1.82, 2.24) is 14.8 Å². The lowest BCUT2D eigenvalue weighted by Gasteiger charge is -2.02. The van der Waals surface area contributed by atoms with Crippen molar-refractivity contribution in [3.8, 4) is 0 Å². The molecule has 2 rings (SSSR count). The fourth-order valence-corrected chi connectivity index (χ4v) is 1.59. The standard InChI is InChI=1S/C13H14N4O3/c1-9-3-10(5-14-4-9)13(19)16-11-6-15-17(7-11)8-12(18)20-2/h3-7H,8H2,1-2H3,(H,16,19). The molecule has 2 heterocycles. The number of ether oxygens (including phenoxy) is 1. The van der Waals surface area contributed by atoms with Gasteiger partial charge in [0.2, 0.25) is 0 Å². The molecule has 7 heteroatoms. The summed E-state index contributed by atoms with van der Waals surface area (Å²) in [6, 6.07) is 1.74. The molecule has 0 aliphatic carbocycles. The minimum Gasteiger partial charge on any atom is -0.468 e. The number of pyridine rings is 1. The maximum Gasteiger partial charge on any atom is 0.327 e. The summed E-state index contributed by atoms with van der Waals surface area (Å²) in [6.45, 7) is 1.86. The first kappa shape index (κ1) is 13.7. The monoisotopic (exact) mass is 274 g/mol. The Labute approximate surface area is 115 Å². The molecule has 0 unspecified atom stereocenters. The first-order valence-corrected chi connectivity index (χ1v) is 5.91. The fraction of sp³-hybridized carbons (Fsp3) is 0.231. The van der Waals surface area contributed by atoms with Gasteiger partial charge in [-0.3, -0.25) is 19.3 Å². The van der Waals surface area contributed by atoms with Crippen LogP contribution in [0.2, 0.25) is 0 Å². The number of rotatable bonds is 4. The van der Waals surface area contributed by atoms with Crippen LogP contribution in [-0.2, 0) is 16.1 Å². The topological polar surface area (TPSA) is 86.1 Å². The summed E-state index contributed by atoms with van der Waals surface area (Å²) in [7, 11) is 1.30.